The summed E-state index contributed by atoms with van der Waals surface area (Å²) >= 11 is 0. The summed E-state index contributed by atoms with van der Waals surface area (Å²) in [5, 5.41) is 10.2. The predicted molar refractivity (Wildman–Crippen MR) is 105 cm³/mol. The lowest BCUT2D eigenvalue weighted by molar-refractivity contribution is -0.121. The van der Waals surface area contributed by atoms with Crippen molar-refractivity contribution < 1.29 is 13.8 Å². The third-order valence-electron chi connectivity index (χ3n) is 4.83. The van der Waals surface area contributed by atoms with Crippen LogP contribution in [0.25, 0.3) is 0 Å². The molecule has 2 aromatic rings. The van der Waals surface area contributed by atoms with Crippen LogP contribution in [-0.2, 0) is 4.79 Å². The lowest BCUT2D eigenvalue weighted by Gasteiger charge is -2.33. The standard InChI is InChI=1S/C18H22BFN6O2/c1-10(2)26-7-5-11(6-8-26)18(27)23-17-15(24-28-25-17)16(21)22-12-3-4-14(20)13(19)9-12/h3-4,9-11H,5-8H2,1-2H3,(H2,21,22)(H,23,25,27). The fourth-order valence-electron chi connectivity index (χ4n) is 3.13. The van der Waals surface area contributed by atoms with E-state index in [-0.39, 0.29) is 34.6 Å². The number of hydrogen-bond acceptors (Lipinski definition) is 6. The average molecular weight is 384 g/mol. The van der Waals surface area contributed by atoms with Gasteiger partial charge in [0, 0.05) is 12.0 Å². The van der Waals surface area contributed by atoms with Gasteiger partial charge < -0.3 is 16.0 Å². The van der Waals surface area contributed by atoms with Crippen LogP contribution in [0.15, 0.2) is 27.8 Å². The Balaban J connectivity index is 1.69. The predicted octanol–water partition coefficient (Wildman–Crippen LogP) is 1.10. The van der Waals surface area contributed by atoms with Crippen LogP contribution in [-0.4, -0.2) is 53.9 Å². The SMILES string of the molecule is [B]c1cc(N=C(N)c2nonc2NC(=O)C2CCN(C(C)C)CC2)ccc1F. The van der Waals surface area contributed by atoms with E-state index in [1.54, 1.807) is 0 Å². The molecule has 10 heteroatoms. The summed E-state index contributed by atoms with van der Waals surface area (Å²) < 4.78 is 18.0. The van der Waals surface area contributed by atoms with Crippen LogP contribution < -0.4 is 16.5 Å². The van der Waals surface area contributed by atoms with Crippen LogP contribution in [0, 0.1) is 11.7 Å². The van der Waals surface area contributed by atoms with Gasteiger partial charge in [0.15, 0.2) is 11.5 Å². The highest BCUT2D eigenvalue weighted by atomic mass is 19.1. The Morgan fingerprint density at radius 1 is 1.39 bits per heavy atom. The maximum atomic E-state index is 13.3. The highest BCUT2D eigenvalue weighted by Gasteiger charge is 2.27. The minimum atomic E-state index is -0.544. The molecule has 0 saturated carbocycles. The third kappa shape index (κ3) is 4.56. The number of piperidine rings is 1. The first-order valence-electron chi connectivity index (χ1n) is 9.12. The van der Waals surface area contributed by atoms with E-state index >= 15 is 0 Å². The van der Waals surface area contributed by atoms with Gasteiger partial charge in [-0.25, -0.2) is 14.0 Å². The van der Waals surface area contributed by atoms with Crippen LogP contribution in [0.2, 0.25) is 0 Å². The Labute approximate surface area is 163 Å². The van der Waals surface area contributed by atoms with Crippen molar-refractivity contribution in [3.63, 3.8) is 0 Å². The van der Waals surface area contributed by atoms with Gasteiger partial charge in [0.05, 0.1) is 5.69 Å². The first kappa shape index (κ1) is 20.0. The van der Waals surface area contributed by atoms with Gasteiger partial charge in [-0.2, -0.15) is 0 Å². The highest BCUT2D eigenvalue weighted by Crippen LogP contribution is 2.21. The molecule has 1 aliphatic rings. The topological polar surface area (TPSA) is 110 Å². The minimum Gasteiger partial charge on any atom is -0.382 e. The summed E-state index contributed by atoms with van der Waals surface area (Å²) in [6.45, 7) is 6.03. The van der Waals surface area contributed by atoms with Crippen LogP contribution in [0.5, 0.6) is 0 Å². The number of carbonyl (C=O) groups excluding carboxylic acids is 1. The first-order valence-corrected chi connectivity index (χ1v) is 9.12. The summed E-state index contributed by atoms with van der Waals surface area (Å²) in [5.74, 6) is -0.740. The maximum absolute atomic E-state index is 13.3. The molecule has 1 aromatic carbocycles. The number of amidine groups is 1. The molecular weight excluding hydrogens is 362 g/mol. The molecule has 2 heterocycles. The van der Waals surface area contributed by atoms with Gasteiger partial charge in [-0.1, -0.05) is 5.46 Å². The summed E-state index contributed by atoms with van der Waals surface area (Å²) in [7, 11) is 5.53. The fourth-order valence-corrected chi connectivity index (χ4v) is 3.13. The zero-order valence-electron chi connectivity index (χ0n) is 15.9. The molecular formula is C18H22BFN6O2. The number of nitrogens with zero attached hydrogens (tertiary/aromatic N) is 4. The lowest BCUT2D eigenvalue weighted by Crippen LogP contribution is -2.41. The molecule has 3 rings (SSSR count). The number of carbonyl (C=O) groups is 1. The molecule has 1 aromatic heterocycles. The van der Waals surface area contributed by atoms with Crippen molar-refractivity contribution in [3.8, 4) is 0 Å². The summed E-state index contributed by atoms with van der Waals surface area (Å²) in [6.07, 6.45) is 1.53. The lowest BCUT2D eigenvalue weighted by atomic mass is 9.95. The number of aliphatic imine (C=N–C) groups is 1. The largest absolute Gasteiger partial charge is 0.382 e. The van der Waals surface area contributed by atoms with E-state index in [9.17, 15) is 9.18 Å². The molecule has 2 radical (unpaired) electrons. The number of likely N-dealkylation sites (tertiary alicyclic amines) is 1. The molecule has 0 bridgehead atoms. The fraction of sp³-hybridized carbons (Fsp3) is 0.444. The van der Waals surface area contributed by atoms with Crippen LogP contribution in [0.3, 0.4) is 0 Å². The van der Waals surface area contributed by atoms with E-state index in [2.05, 4.69) is 39.4 Å². The molecule has 1 fully saturated rings. The Morgan fingerprint density at radius 3 is 2.75 bits per heavy atom. The van der Waals surface area contributed by atoms with E-state index in [0.717, 1.165) is 25.9 Å². The van der Waals surface area contributed by atoms with E-state index in [0.29, 0.717) is 11.7 Å². The highest BCUT2D eigenvalue weighted by molar-refractivity contribution is 6.32. The molecule has 0 unspecified atom stereocenters. The first-order chi connectivity index (χ1) is 13.3. The van der Waals surface area contributed by atoms with Crippen molar-refractivity contribution in [3.05, 3.63) is 29.7 Å². The Hall–Kier alpha value is -2.75. The molecule has 0 atom stereocenters. The van der Waals surface area contributed by atoms with E-state index in [4.69, 9.17) is 18.2 Å². The Kier molecular flexibility index (Phi) is 6.08. The van der Waals surface area contributed by atoms with Crippen LogP contribution >= 0.6 is 0 Å². The van der Waals surface area contributed by atoms with Crippen molar-refractivity contribution >= 4 is 36.6 Å². The monoisotopic (exact) mass is 384 g/mol. The number of rotatable bonds is 5. The number of aromatic nitrogens is 2. The second-order valence-electron chi connectivity index (χ2n) is 7.06. The van der Waals surface area contributed by atoms with Gasteiger partial charge in [-0.3, -0.25) is 4.79 Å². The number of benzene rings is 1. The van der Waals surface area contributed by atoms with Crippen molar-refractivity contribution in [2.45, 2.75) is 32.7 Å². The van der Waals surface area contributed by atoms with Gasteiger partial charge in [-0.05, 0) is 68.3 Å². The second kappa shape index (κ2) is 8.51. The molecule has 146 valence electrons. The summed E-state index contributed by atoms with van der Waals surface area (Å²) in [6, 6.07) is 4.42. The van der Waals surface area contributed by atoms with Crippen molar-refractivity contribution in [2.75, 3.05) is 18.4 Å². The number of amides is 1. The van der Waals surface area contributed by atoms with Gasteiger partial charge in [0.25, 0.3) is 0 Å². The number of anilines is 1. The average Bonchev–Trinajstić information content (AvgIpc) is 3.13. The number of halogens is 1. The molecule has 1 aliphatic heterocycles. The molecule has 28 heavy (non-hydrogen) atoms. The van der Waals surface area contributed by atoms with Crippen molar-refractivity contribution in [1.29, 1.82) is 0 Å². The Morgan fingerprint density at radius 2 is 2.11 bits per heavy atom. The minimum absolute atomic E-state index is 0.0304. The van der Waals surface area contributed by atoms with Crippen molar-refractivity contribution in [1.82, 2.24) is 15.2 Å². The number of nitrogens with one attached hydrogen (secondary N) is 1. The maximum Gasteiger partial charge on any atom is 0.228 e. The quantitative estimate of drug-likeness (QED) is 0.454. The van der Waals surface area contributed by atoms with E-state index in [1.165, 1.54) is 18.2 Å². The molecule has 3 N–H and O–H groups in total. The number of nitrogens with two attached hydrogens (primary N) is 1. The van der Waals surface area contributed by atoms with Gasteiger partial charge in [0.2, 0.25) is 11.7 Å². The zero-order chi connectivity index (χ0) is 20.3. The normalized spacial score (nSPS) is 16.5. The number of hydrogen-bond donors (Lipinski definition) is 2. The van der Waals surface area contributed by atoms with Crippen LogP contribution in [0.1, 0.15) is 32.4 Å². The zero-order valence-corrected chi connectivity index (χ0v) is 15.9. The summed E-state index contributed by atoms with van der Waals surface area (Å²) in [4.78, 5) is 19.1. The van der Waals surface area contributed by atoms with Crippen molar-refractivity contribution in [2.24, 2.45) is 16.6 Å². The second-order valence-corrected chi connectivity index (χ2v) is 7.06. The van der Waals surface area contributed by atoms with E-state index < -0.39 is 5.82 Å². The smallest absolute Gasteiger partial charge is 0.228 e. The molecule has 0 spiro atoms. The molecule has 1 saturated heterocycles. The van der Waals surface area contributed by atoms with Crippen LogP contribution in [0.4, 0.5) is 15.9 Å². The molecule has 1 amide bonds. The Bertz CT molecular complexity index is 877. The molecule has 8 nitrogen and oxygen atoms in total. The van der Waals surface area contributed by atoms with E-state index in [1.807, 2.05) is 0 Å². The van der Waals surface area contributed by atoms with Gasteiger partial charge in [0.1, 0.15) is 13.7 Å². The summed E-state index contributed by atoms with van der Waals surface area (Å²) in [5.41, 5.74) is 6.37. The van der Waals surface area contributed by atoms with Gasteiger partial charge >= 0.3 is 0 Å². The van der Waals surface area contributed by atoms with Gasteiger partial charge in [-0.15, -0.1) is 0 Å². The molecule has 0 aliphatic carbocycles. The third-order valence-corrected chi connectivity index (χ3v) is 4.83.